The number of nitrogens with zero attached hydrogens (tertiary/aromatic N) is 1. The number of aryl methyl sites for hydroxylation is 2. The molecule has 0 aliphatic rings. The zero-order chi connectivity index (χ0) is 10.7. The minimum atomic E-state index is 0.862. The molecular weight excluding hydrogens is 184 g/mol. The average Bonchev–Trinajstić information content (AvgIpc) is 2.69. The first-order chi connectivity index (χ1) is 7.25. The molecule has 0 fully saturated rings. The standard InChI is InChI=1S/C13H16N2/c1-11-5-6-13(12(2)9-11)10-14-15-7-3-4-8-15/h3-9,14H,10H2,1-2H3. The van der Waals surface area contributed by atoms with Gasteiger partial charge in [0.25, 0.3) is 0 Å². The molecule has 0 unspecified atom stereocenters. The number of hydrogen-bond donors (Lipinski definition) is 1. The van der Waals surface area contributed by atoms with Crippen molar-refractivity contribution < 1.29 is 0 Å². The predicted molar refractivity (Wildman–Crippen MR) is 63.4 cm³/mol. The molecule has 1 aromatic carbocycles. The molecule has 2 nitrogen and oxygen atoms in total. The van der Waals surface area contributed by atoms with Crippen LogP contribution in [0, 0.1) is 13.8 Å². The molecule has 15 heavy (non-hydrogen) atoms. The summed E-state index contributed by atoms with van der Waals surface area (Å²) >= 11 is 0. The number of rotatable bonds is 3. The molecule has 0 bridgehead atoms. The van der Waals surface area contributed by atoms with Gasteiger partial charge >= 0.3 is 0 Å². The summed E-state index contributed by atoms with van der Waals surface area (Å²) in [6, 6.07) is 10.6. The van der Waals surface area contributed by atoms with E-state index in [1.165, 1.54) is 16.7 Å². The third kappa shape index (κ3) is 2.40. The second-order valence-corrected chi connectivity index (χ2v) is 3.86. The molecule has 1 N–H and O–H groups in total. The number of nitrogens with one attached hydrogen (secondary N) is 1. The van der Waals surface area contributed by atoms with Crippen molar-refractivity contribution in [2.45, 2.75) is 20.4 Å². The van der Waals surface area contributed by atoms with Crippen molar-refractivity contribution >= 4 is 0 Å². The minimum absolute atomic E-state index is 0.862. The van der Waals surface area contributed by atoms with Gasteiger partial charge in [-0.2, -0.15) is 0 Å². The summed E-state index contributed by atoms with van der Waals surface area (Å²) in [6.45, 7) is 5.14. The van der Waals surface area contributed by atoms with Crippen LogP contribution in [0.3, 0.4) is 0 Å². The van der Waals surface area contributed by atoms with Crippen molar-refractivity contribution in [3.05, 3.63) is 59.4 Å². The third-order valence-electron chi connectivity index (χ3n) is 2.55. The lowest BCUT2D eigenvalue weighted by Gasteiger charge is -2.10. The summed E-state index contributed by atoms with van der Waals surface area (Å²) in [7, 11) is 0. The van der Waals surface area contributed by atoms with Crippen LogP contribution in [0.5, 0.6) is 0 Å². The molecule has 0 amide bonds. The summed E-state index contributed by atoms with van der Waals surface area (Å²) in [6.07, 6.45) is 4.01. The summed E-state index contributed by atoms with van der Waals surface area (Å²) in [4.78, 5) is 0. The van der Waals surface area contributed by atoms with Crippen molar-refractivity contribution in [1.82, 2.24) is 4.68 Å². The van der Waals surface area contributed by atoms with Gasteiger partial charge in [-0.05, 0) is 37.1 Å². The van der Waals surface area contributed by atoms with Crippen LogP contribution in [0.4, 0.5) is 0 Å². The molecule has 1 aromatic heterocycles. The van der Waals surface area contributed by atoms with Crippen LogP contribution < -0.4 is 5.43 Å². The average molecular weight is 200 g/mol. The van der Waals surface area contributed by atoms with Crippen molar-refractivity contribution in [2.75, 3.05) is 5.43 Å². The van der Waals surface area contributed by atoms with Gasteiger partial charge in [-0.25, -0.2) is 0 Å². The van der Waals surface area contributed by atoms with Crippen molar-refractivity contribution in [3.63, 3.8) is 0 Å². The van der Waals surface area contributed by atoms with Gasteiger partial charge in [-0.1, -0.05) is 23.8 Å². The van der Waals surface area contributed by atoms with Crippen LogP contribution >= 0.6 is 0 Å². The van der Waals surface area contributed by atoms with Crippen LogP contribution in [0.2, 0.25) is 0 Å². The summed E-state index contributed by atoms with van der Waals surface area (Å²) < 4.78 is 1.97. The van der Waals surface area contributed by atoms with Crippen LogP contribution in [-0.4, -0.2) is 4.68 Å². The molecule has 0 radical (unpaired) electrons. The molecule has 78 valence electrons. The lowest BCUT2D eigenvalue weighted by Crippen LogP contribution is -2.12. The lowest BCUT2D eigenvalue weighted by molar-refractivity contribution is 0.843. The summed E-state index contributed by atoms with van der Waals surface area (Å²) in [5.41, 5.74) is 7.32. The molecular formula is C13H16N2. The zero-order valence-electron chi connectivity index (χ0n) is 9.20. The highest BCUT2D eigenvalue weighted by atomic mass is 15.4. The van der Waals surface area contributed by atoms with Gasteiger partial charge < -0.3 is 5.43 Å². The van der Waals surface area contributed by atoms with E-state index in [0.29, 0.717) is 0 Å². The smallest absolute Gasteiger partial charge is 0.0566 e. The fourth-order valence-electron chi connectivity index (χ4n) is 1.66. The Labute approximate surface area is 90.5 Å². The lowest BCUT2D eigenvalue weighted by atomic mass is 10.1. The molecule has 1 heterocycles. The largest absolute Gasteiger partial charge is 0.322 e. The van der Waals surface area contributed by atoms with Gasteiger partial charge in [0, 0.05) is 12.4 Å². The second kappa shape index (κ2) is 4.22. The third-order valence-corrected chi connectivity index (χ3v) is 2.55. The minimum Gasteiger partial charge on any atom is -0.322 e. The fraction of sp³-hybridized carbons (Fsp3) is 0.231. The quantitative estimate of drug-likeness (QED) is 0.806. The van der Waals surface area contributed by atoms with Crippen molar-refractivity contribution in [2.24, 2.45) is 0 Å². The first-order valence-corrected chi connectivity index (χ1v) is 5.19. The van der Waals surface area contributed by atoms with E-state index in [4.69, 9.17) is 0 Å². The maximum absolute atomic E-state index is 3.32. The van der Waals surface area contributed by atoms with Crippen LogP contribution in [-0.2, 0) is 6.54 Å². The first kappa shape index (κ1) is 9.84. The molecule has 0 aliphatic carbocycles. The molecule has 0 saturated carbocycles. The van der Waals surface area contributed by atoms with E-state index in [0.717, 1.165) is 6.54 Å². The highest BCUT2D eigenvalue weighted by Crippen LogP contribution is 2.10. The van der Waals surface area contributed by atoms with E-state index < -0.39 is 0 Å². The number of hydrogen-bond acceptors (Lipinski definition) is 1. The van der Waals surface area contributed by atoms with E-state index in [-0.39, 0.29) is 0 Å². The molecule has 2 heteroatoms. The Hall–Kier alpha value is -1.70. The zero-order valence-corrected chi connectivity index (χ0v) is 9.20. The summed E-state index contributed by atoms with van der Waals surface area (Å²) in [5, 5.41) is 0. The van der Waals surface area contributed by atoms with E-state index >= 15 is 0 Å². The monoisotopic (exact) mass is 200 g/mol. The van der Waals surface area contributed by atoms with Crippen LogP contribution in [0.1, 0.15) is 16.7 Å². The van der Waals surface area contributed by atoms with Gasteiger partial charge in [0.05, 0.1) is 6.54 Å². The maximum Gasteiger partial charge on any atom is 0.0566 e. The molecule has 0 aliphatic heterocycles. The predicted octanol–water partition coefficient (Wildman–Crippen LogP) is 2.85. The molecule has 0 saturated heterocycles. The van der Waals surface area contributed by atoms with Crippen molar-refractivity contribution in [1.29, 1.82) is 0 Å². The van der Waals surface area contributed by atoms with Gasteiger partial charge in [-0.3, -0.25) is 4.68 Å². The molecule has 0 spiro atoms. The highest BCUT2D eigenvalue weighted by Gasteiger charge is 1.97. The van der Waals surface area contributed by atoms with Crippen LogP contribution in [0.15, 0.2) is 42.7 Å². The van der Waals surface area contributed by atoms with E-state index in [1.54, 1.807) is 0 Å². The second-order valence-electron chi connectivity index (χ2n) is 3.86. The Kier molecular flexibility index (Phi) is 2.77. The topological polar surface area (TPSA) is 17.0 Å². The highest BCUT2D eigenvalue weighted by molar-refractivity contribution is 5.30. The molecule has 0 atom stereocenters. The van der Waals surface area contributed by atoms with Gasteiger partial charge in [0.2, 0.25) is 0 Å². The maximum atomic E-state index is 3.32. The van der Waals surface area contributed by atoms with Gasteiger partial charge in [0.1, 0.15) is 0 Å². The van der Waals surface area contributed by atoms with E-state index in [1.807, 2.05) is 29.2 Å². The Bertz CT molecular complexity index is 430. The SMILES string of the molecule is Cc1ccc(CNn2cccc2)c(C)c1. The molecule has 2 rings (SSSR count). The Morgan fingerprint density at radius 1 is 1.13 bits per heavy atom. The Morgan fingerprint density at radius 3 is 2.53 bits per heavy atom. The van der Waals surface area contributed by atoms with Gasteiger partial charge in [0.15, 0.2) is 0 Å². The Morgan fingerprint density at radius 2 is 1.87 bits per heavy atom. The first-order valence-electron chi connectivity index (χ1n) is 5.19. The fourth-order valence-corrected chi connectivity index (χ4v) is 1.66. The molecule has 2 aromatic rings. The summed E-state index contributed by atoms with van der Waals surface area (Å²) in [5.74, 6) is 0. The van der Waals surface area contributed by atoms with E-state index in [2.05, 4.69) is 37.5 Å². The number of aromatic nitrogens is 1. The van der Waals surface area contributed by atoms with Gasteiger partial charge in [-0.15, -0.1) is 0 Å². The number of benzene rings is 1. The Balaban J connectivity index is 2.05. The van der Waals surface area contributed by atoms with Crippen molar-refractivity contribution in [3.8, 4) is 0 Å². The van der Waals surface area contributed by atoms with E-state index in [9.17, 15) is 0 Å². The normalized spacial score (nSPS) is 10.3. The van der Waals surface area contributed by atoms with Crippen LogP contribution in [0.25, 0.3) is 0 Å².